The van der Waals surface area contributed by atoms with E-state index in [1.807, 2.05) is 18.2 Å². The maximum atomic E-state index is 5.96. The standard InChI is InChI=1S/C17H20ClNO/c1-2-3-4-13-5-8-16(9-6-13)20-12-14-11-15(18)7-10-17(14)19/h5-11H,2-4,12,19H2,1H3. The van der Waals surface area contributed by atoms with Gasteiger partial charge in [0, 0.05) is 16.3 Å². The Morgan fingerprint density at radius 3 is 2.55 bits per heavy atom. The van der Waals surface area contributed by atoms with Crippen molar-refractivity contribution in [1.82, 2.24) is 0 Å². The van der Waals surface area contributed by atoms with Gasteiger partial charge in [-0.2, -0.15) is 0 Å². The molecule has 0 radical (unpaired) electrons. The van der Waals surface area contributed by atoms with Crippen LogP contribution in [-0.4, -0.2) is 0 Å². The van der Waals surface area contributed by atoms with Crippen LogP contribution in [0.15, 0.2) is 42.5 Å². The molecule has 20 heavy (non-hydrogen) atoms. The van der Waals surface area contributed by atoms with E-state index >= 15 is 0 Å². The third-order valence-electron chi connectivity index (χ3n) is 3.24. The Hall–Kier alpha value is -1.67. The lowest BCUT2D eigenvalue weighted by Gasteiger charge is -2.09. The number of unbranched alkanes of at least 4 members (excludes halogenated alkanes) is 1. The first-order chi connectivity index (χ1) is 9.69. The topological polar surface area (TPSA) is 35.2 Å². The van der Waals surface area contributed by atoms with Gasteiger partial charge >= 0.3 is 0 Å². The molecule has 0 aromatic heterocycles. The monoisotopic (exact) mass is 289 g/mol. The van der Waals surface area contributed by atoms with Gasteiger partial charge in [-0.1, -0.05) is 37.1 Å². The number of nitrogen functional groups attached to an aromatic ring is 1. The average molecular weight is 290 g/mol. The molecule has 0 unspecified atom stereocenters. The number of ether oxygens (including phenoxy) is 1. The second-order valence-corrected chi connectivity index (χ2v) is 5.32. The zero-order valence-electron chi connectivity index (χ0n) is 11.7. The quantitative estimate of drug-likeness (QED) is 0.772. The molecule has 2 nitrogen and oxygen atoms in total. The fourth-order valence-corrected chi connectivity index (χ4v) is 2.19. The first kappa shape index (κ1) is 14.7. The fraction of sp³-hybridized carbons (Fsp3) is 0.294. The van der Waals surface area contributed by atoms with Crippen molar-refractivity contribution in [2.45, 2.75) is 32.8 Å². The molecule has 0 aliphatic heterocycles. The summed E-state index contributed by atoms with van der Waals surface area (Å²) in [6.45, 7) is 2.63. The van der Waals surface area contributed by atoms with E-state index in [4.69, 9.17) is 22.1 Å². The van der Waals surface area contributed by atoms with Crippen LogP contribution >= 0.6 is 11.6 Å². The summed E-state index contributed by atoms with van der Waals surface area (Å²) in [5.41, 5.74) is 8.86. The summed E-state index contributed by atoms with van der Waals surface area (Å²) in [4.78, 5) is 0. The molecular formula is C17H20ClNO. The van der Waals surface area contributed by atoms with E-state index in [2.05, 4.69) is 19.1 Å². The maximum Gasteiger partial charge on any atom is 0.119 e. The second-order valence-electron chi connectivity index (χ2n) is 4.88. The summed E-state index contributed by atoms with van der Waals surface area (Å²) in [5, 5.41) is 0.674. The van der Waals surface area contributed by atoms with Gasteiger partial charge in [0.25, 0.3) is 0 Å². The molecule has 0 saturated carbocycles. The van der Waals surface area contributed by atoms with Crippen LogP contribution in [0.1, 0.15) is 30.9 Å². The summed E-state index contributed by atoms with van der Waals surface area (Å²) in [6.07, 6.45) is 3.56. The molecule has 3 heteroatoms. The lowest BCUT2D eigenvalue weighted by Crippen LogP contribution is -2.00. The van der Waals surface area contributed by atoms with Crippen molar-refractivity contribution in [3.8, 4) is 5.75 Å². The van der Waals surface area contributed by atoms with Gasteiger partial charge in [-0.05, 0) is 48.7 Å². The van der Waals surface area contributed by atoms with Gasteiger partial charge in [0.05, 0.1) is 0 Å². The SMILES string of the molecule is CCCCc1ccc(OCc2cc(Cl)ccc2N)cc1. The number of hydrogen-bond acceptors (Lipinski definition) is 2. The smallest absolute Gasteiger partial charge is 0.119 e. The van der Waals surface area contributed by atoms with E-state index in [9.17, 15) is 0 Å². The van der Waals surface area contributed by atoms with E-state index in [0.29, 0.717) is 17.3 Å². The lowest BCUT2D eigenvalue weighted by molar-refractivity contribution is 0.307. The van der Waals surface area contributed by atoms with Gasteiger partial charge in [-0.15, -0.1) is 0 Å². The highest BCUT2D eigenvalue weighted by molar-refractivity contribution is 6.30. The van der Waals surface area contributed by atoms with Crippen LogP contribution in [0.4, 0.5) is 5.69 Å². The minimum Gasteiger partial charge on any atom is -0.489 e. The minimum absolute atomic E-state index is 0.431. The number of rotatable bonds is 6. The molecule has 0 spiro atoms. The van der Waals surface area contributed by atoms with Gasteiger partial charge in [-0.3, -0.25) is 0 Å². The van der Waals surface area contributed by atoms with E-state index in [1.165, 1.54) is 18.4 Å². The molecule has 2 aromatic carbocycles. The maximum absolute atomic E-state index is 5.96. The molecule has 0 atom stereocenters. The van der Waals surface area contributed by atoms with E-state index in [-0.39, 0.29) is 0 Å². The molecule has 0 saturated heterocycles. The molecule has 106 valence electrons. The number of aryl methyl sites for hydroxylation is 1. The van der Waals surface area contributed by atoms with Crippen LogP contribution < -0.4 is 10.5 Å². The Labute approximate surface area is 125 Å². The van der Waals surface area contributed by atoms with Crippen molar-refractivity contribution < 1.29 is 4.74 Å². The van der Waals surface area contributed by atoms with Gasteiger partial charge in [0.1, 0.15) is 12.4 Å². The van der Waals surface area contributed by atoms with Crippen LogP contribution in [0.3, 0.4) is 0 Å². The Kier molecular flexibility index (Phi) is 5.31. The van der Waals surface area contributed by atoms with Gasteiger partial charge < -0.3 is 10.5 Å². The average Bonchev–Trinajstić information content (AvgIpc) is 2.47. The van der Waals surface area contributed by atoms with Crippen LogP contribution in [0.5, 0.6) is 5.75 Å². The van der Waals surface area contributed by atoms with Crippen molar-refractivity contribution in [2.24, 2.45) is 0 Å². The summed E-state index contributed by atoms with van der Waals surface area (Å²) in [6, 6.07) is 13.7. The summed E-state index contributed by atoms with van der Waals surface area (Å²) < 4.78 is 5.75. The van der Waals surface area contributed by atoms with Crippen LogP contribution in [0, 0.1) is 0 Å². The Morgan fingerprint density at radius 1 is 1.10 bits per heavy atom. The summed E-state index contributed by atoms with van der Waals surface area (Å²) in [7, 11) is 0. The fourth-order valence-electron chi connectivity index (χ4n) is 1.99. The van der Waals surface area contributed by atoms with Crippen molar-refractivity contribution in [3.63, 3.8) is 0 Å². The number of nitrogens with two attached hydrogens (primary N) is 1. The number of hydrogen-bond donors (Lipinski definition) is 1. The lowest BCUT2D eigenvalue weighted by atomic mass is 10.1. The molecule has 0 amide bonds. The first-order valence-electron chi connectivity index (χ1n) is 6.94. The normalized spacial score (nSPS) is 10.5. The molecule has 0 fully saturated rings. The third kappa shape index (κ3) is 4.17. The van der Waals surface area contributed by atoms with Gasteiger partial charge in [0.15, 0.2) is 0 Å². The molecule has 2 N–H and O–H groups in total. The Bertz CT molecular complexity index is 551. The Balaban J connectivity index is 1.95. The van der Waals surface area contributed by atoms with E-state index in [0.717, 1.165) is 17.7 Å². The molecule has 2 rings (SSSR count). The highest BCUT2D eigenvalue weighted by atomic mass is 35.5. The molecule has 0 bridgehead atoms. The highest BCUT2D eigenvalue weighted by Gasteiger charge is 2.02. The van der Waals surface area contributed by atoms with Gasteiger partial charge in [-0.25, -0.2) is 0 Å². The van der Waals surface area contributed by atoms with Crippen molar-refractivity contribution in [1.29, 1.82) is 0 Å². The van der Waals surface area contributed by atoms with E-state index in [1.54, 1.807) is 12.1 Å². The van der Waals surface area contributed by atoms with Crippen molar-refractivity contribution in [3.05, 3.63) is 58.6 Å². The predicted octanol–water partition coefficient (Wildman–Crippen LogP) is 4.84. The van der Waals surface area contributed by atoms with Crippen molar-refractivity contribution in [2.75, 3.05) is 5.73 Å². The largest absolute Gasteiger partial charge is 0.489 e. The second kappa shape index (κ2) is 7.20. The number of anilines is 1. The Morgan fingerprint density at radius 2 is 1.85 bits per heavy atom. The molecule has 2 aromatic rings. The number of halogens is 1. The highest BCUT2D eigenvalue weighted by Crippen LogP contribution is 2.21. The molecule has 0 heterocycles. The minimum atomic E-state index is 0.431. The number of benzene rings is 2. The summed E-state index contributed by atoms with van der Waals surface area (Å²) in [5.74, 6) is 0.852. The zero-order chi connectivity index (χ0) is 14.4. The molecule has 0 aliphatic carbocycles. The summed E-state index contributed by atoms with van der Waals surface area (Å²) >= 11 is 5.96. The third-order valence-corrected chi connectivity index (χ3v) is 3.48. The van der Waals surface area contributed by atoms with E-state index < -0.39 is 0 Å². The van der Waals surface area contributed by atoms with Crippen LogP contribution in [0.2, 0.25) is 5.02 Å². The first-order valence-corrected chi connectivity index (χ1v) is 7.32. The van der Waals surface area contributed by atoms with Gasteiger partial charge in [0.2, 0.25) is 0 Å². The van der Waals surface area contributed by atoms with Crippen LogP contribution in [-0.2, 0) is 13.0 Å². The van der Waals surface area contributed by atoms with Crippen molar-refractivity contribution >= 4 is 17.3 Å². The predicted molar refractivity (Wildman–Crippen MR) is 85.3 cm³/mol. The zero-order valence-corrected chi connectivity index (χ0v) is 12.5. The van der Waals surface area contributed by atoms with Crippen LogP contribution in [0.25, 0.3) is 0 Å². The molecule has 0 aliphatic rings. The molecular weight excluding hydrogens is 270 g/mol.